The Kier molecular flexibility index (Phi) is 3.35. The van der Waals surface area contributed by atoms with Crippen molar-refractivity contribution in [1.29, 1.82) is 0 Å². The van der Waals surface area contributed by atoms with Gasteiger partial charge in [-0.25, -0.2) is 13.8 Å². The molecule has 3 aromatic rings. The number of aryl methyl sites for hydroxylation is 1. The van der Waals surface area contributed by atoms with Crippen LogP contribution in [-0.2, 0) is 0 Å². The monoisotopic (exact) mass is 287 g/mol. The molecule has 0 unspecified atom stereocenters. The van der Waals surface area contributed by atoms with Gasteiger partial charge in [0.05, 0.1) is 5.69 Å². The highest BCUT2D eigenvalue weighted by Gasteiger charge is 2.10. The second kappa shape index (κ2) is 5.32. The zero-order valence-electron chi connectivity index (χ0n) is 11.1. The van der Waals surface area contributed by atoms with E-state index in [-0.39, 0.29) is 5.56 Å². The summed E-state index contributed by atoms with van der Waals surface area (Å²) in [6.07, 6.45) is 1.45. The summed E-state index contributed by atoms with van der Waals surface area (Å²) in [5.74, 6) is -0.550. The lowest BCUT2D eigenvalue weighted by Crippen LogP contribution is -1.96. The lowest BCUT2D eigenvalue weighted by molar-refractivity contribution is 0.415. The Balaban J connectivity index is 1.96. The molecule has 1 aromatic carbocycles. The van der Waals surface area contributed by atoms with Crippen LogP contribution in [0.25, 0.3) is 11.3 Å². The number of anilines is 2. The molecule has 0 fully saturated rings. The van der Waals surface area contributed by atoms with E-state index in [0.29, 0.717) is 22.9 Å². The van der Waals surface area contributed by atoms with Gasteiger partial charge in [-0.05, 0) is 37.3 Å². The van der Waals surface area contributed by atoms with Crippen molar-refractivity contribution in [2.45, 2.75) is 6.92 Å². The molecule has 0 aliphatic rings. The summed E-state index contributed by atoms with van der Waals surface area (Å²) in [4.78, 5) is 4.27. The molecular formula is C15H11F2N3O. The highest BCUT2D eigenvalue weighted by atomic mass is 19.1. The number of nitrogens with one attached hydrogen (secondary N) is 1. The van der Waals surface area contributed by atoms with Crippen LogP contribution in [0, 0.1) is 18.6 Å². The molecule has 6 heteroatoms. The van der Waals surface area contributed by atoms with Gasteiger partial charge in [0.1, 0.15) is 35.1 Å². The molecule has 3 rings (SSSR count). The lowest BCUT2D eigenvalue weighted by Gasteiger charge is -2.07. The van der Waals surface area contributed by atoms with Gasteiger partial charge in [0.15, 0.2) is 0 Å². The summed E-state index contributed by atoms with van der Waals surface area (Å²) >= 11 is 0. The minimum absolute atomic E-state index is 0.112. The number of halogens is 2. The number of nitrogens with zero attached hydrogens (tertiary/aromatic N) is 2. The lowest BCUT2D eigenvalue weighted by atomic mass is 10.1. The first-order chi connectivity index (χ1) is 10.1. The van der Waals surface area contributed by atoms with Gasteiger partial charge >= 0.3 is 0 Å². The first kappa shape index (κ1) is 13.2. The van der Waals surface area contributed by atoms with Crippen LogP contribution in [0.3, 0.4) is 0 Å². The average molecular weight is 287 g/mol. The van der Waals surface area contributed by atoms with Crippen LogP contribution in [0.5, 0.6) is 0 Å². The van der Waals surface area contributed by atoms with Gasteiger partial charge in [0, 0.05) is 5.56 Å². The SMILES string of the molecule is Cc1nocc1Nc1cccc(-c2cc(F)ccc2F)n1. The Morgan fingerprint density at radius 1 is 1.14 bits per heavy atom. The molecule has 0 amide bonds. The number of rotatable bonds is 3. The number of aromatic nitrogens is 2. The van der Waals surface area contributed by atoms with Crippen molar-refractivity contribution in [2.75, 3.05) is 5.32 Å². The fourth-order valence-electron chi connectivity index (χ4n) is 1.90. The predicted octanol–water partition coefficient (Wildman–Crippen LogP) is 4.07. The van der Waals surface area contributed by atoms with E-state index in [4.69, 9.17) is 4.52 Å². The molecule has 0 radical (unpaired) electrons. The van der Waals surface area contributed by atoms with Gasteiger partial charge in [0.25, 0.3) is 0 Å². The quantitative estimate of drug-likeness (QED) is 0.789. The van der Waals surface area contributed by atoms with E-state index in [1.54, 1.807) is 25.1 Å². The van der Waals surface area contributed by atoms with Crippen LogP contribution in [0.2, 0.25) is 0 Å². The Morgan fingerprint density at radius 2 is 2.00 bits per heavy atom. The van der Waals surface area contributed by atoms with Crippen molar-refractivity contribution < 1.29 is 13.3 Å². The third kappa shape index (κ3) is 2.74. The smallest absolute Gasteiger partial charge is 0.147 e. The molecular weight excluding hydrogens is 276 g/mol. The minimum Gasteiger partial charge on any atom is -0.362 e. The maximum atomic E-state index is 13.8. The van der Waals surface area contributed by atoms with Gasteiger partial charge in [0.2, 0.25) is 0 Å². The second-order valence-corrected chi connectivity index (χ2v) is 4.47. The maximum Gasteiger partial charge on any atom is 0.147 e. The number of hydrogen-bond donors (Lipinski definition) is 1. The molecule has 0 saturated carbocycles. The van der Waals surface area contributed by atoms with Crippen LogP contribution in [-0.4, -0.2) is 10.1 Å². The average Bonchev–Trinajstić information content (AvgIpc) is 2.87. The first-order valence-corrected chi connectivity index (χ1v) is 6.24. The highest BCUT2D eigenvalue weighted by Crippen LogP contribution is 2.25. The van der Waals surface area contributed by atoms with E-state index in [1.807, 2.05) is 0 Å². The van der Waals surface area contributed by atoms with E-state index < -0.39 is 11.6 Å². The zero-order chi connectivity index (χ0) is 14.8. The fraction of sp³-hybridized carbons (Fsp3) is 0.0667. The summed E-state index contributed by atoms with van der Waals surface area (Å²) in [7, 11) is 0. The van der Waals surface area contributed by atoms with E-state index >= 15 is 0 Å². The summed E-state index contributed by atoms with van der Waals surface area (Å²) in [5, 5.41) is 6.76. The van der Waals surface area contributed by atoms with E-state index in [0.717, 1.165) is 18.2 Å². The van der Waals surface area contributed by atoms with E-state index in [9.17, 15) is 8.78 Å². The molecule has 2 heterocycles. The standard InChI is InChI=1S/C15H11F2N3O/c1-9-14(8-21-20-9)19-15-4-2-3-13(18-15)11-7-10(16)5-6-12(11)17/h2-8H,1H3,(H,18,19). The number of pyridine rings is 1. The van der Waals surface area contributed by atoms with Gasteiger partial charge < -0.3 is 9.84 Å². The van der Waals surface area contributed by atoms with Crippen molar-refractivity contribution in [3.63, 3.8) is 0 Å². The van der Waals surface area contributed by atoms with Crippen molar-refractivity contribution >= 4 is 11.5 Å². The van der Waals surface area contributed by atoms with Crippen molar-refractivity contribution in [2.24, 2.45) is 0 Å². The van der Waals surface area contributed by atoms with E-state index in [1.165, 1.54) is 6.26 Å². The molecule has 0 aliphatic heterocycles. The molecule has 0 aliphatic carbocycles. The molecule has 0 bridgehead atoms. The van der Waals surface area contributed by atoms with Crippen molar-refractivity contribution in [3.05, 3.63) is 60.0 Å². The van der Waals surface area contributed by atoms with E-state index in [2.05, 4.69) is 15.5 Å². The molecule has 2 aromatic heterocycles. The van der Waals surface area contributed by atoms with Gasteiger partial charge in [-0.1, -0.05) is 11.2 Å². The fourth-order valence-corrected chi connectivity index (χ4v) is 1.90. The first-order valence-electron chi connectivity index (χ1n) is 6.24. The summed E-state index contributed by atoms with van der Waals surface area (Å²) in [6, 6.07) is 8.30. The molecule has 0 spiro atoms. The second-order valence-electron chi connectivity index (χ2n) is 4.47. The van der Waals surface area contributed by atoms with Crippen molar-refractivity contribution in [1.82, 2.24) is 10.1 Å². The molecule has 1 N–H and O–H groups in total. The zero-order valence-corrected chi connectivity index (χ0v) is 11.1. The third-order valence-electron chi connectivity index (χ3n) is 2.97. The van der Waals surface area contributed by atoms with Crippen LogP contribution >= 0.6 is 0 Å². The normalized spacial score (nSPS) is 10.6. The minimum atomic E-state index is -0.526. The van der Waals surface area contributed by atoms with Crippen LogP contribution < -0.4 is 5.32 Å². The highest BCUT2D eigenvalue weighted by molar-refractivity contribution is 5.64. The Labute approximate surface area is 119 Å². The Hall–Kier alpha value is -2.76. The molecule has 0 saturated heterocycles. The van der Waals surface area contributed by atoms with Gasteiger partial charge in [-0.2, -0.15) is 0 Å². The van der Waals surface area contributed by atoms with Crippen LogP contribution in [0.4, 0.5) is 20.3 Å². The molecule has 106 valence electrons. The summed E-state index contributed by atoms with van der Waals surface area (Å²) < 4.78 is 31.9. The van der Waals surface area contributed by atoms with Crippen LogP contribution in [0.15, 0.2) is 47.2 Å². The maximum absolute atomic E-state index is 13.8. The predicted molar refractivity (Wildman–Crippen MR) is 74.1 cm³/mol. The van der Waals surface area contributed by atoms with Gasteiger partial charge in [-0.3, -0.25) is 0 Å². The van der Waals surface area contributed by atoms with Gasteiger partial charge in [-0.15, -0.1) is 0 Å². The van der Waals surface area contributed by atoms with Crippen LogP contribution in [0.1, 0.15) is 5.69 Å². The Morgan fingerprint density at radius 3 is 2.76 bits per heavy atom. The summed E-state index contributed by atoms with van der Waals surface area (Å²) in [6.45, 7) is 1.78. The number of benzene rings is 1. The summed E-state index contributed by atoms with van der Waals surface area (Å²) in [5.41, 5.74) is 1.80. The Bertz CT molecular complexity index is 786. The molecule has 21 heavy (non-hydrogen) atoms. The topological polar surface area (TPSA) is 51.0 Å². The third-order valence-corrected chi connectivity index (χ3v) is 2.97. The largest absolute Gasteiger partial charge is 0.362 e. The molecule has 4 nitrogen and oxygen atoms in total. The number of hydrogen-bond acceptors (Lipinski definition) is 4. The molecule has 0 atom stereocenters. The van der Waals surface area contributed by atoms with Crippen molar-refractivity contribution in [3.8, 4) is 11.3 Å².